The van der Waals surface area contributed by atoms with Crippen LogP contribution in [-0.2, 0) is 20.9 Å². The molecular weight excluding hydrogens is 432 g/mol. The van der Waals surface area contributed by atoms with Crippen molar-refractivity contribution in [3.63, 3.8) is 0 Å². The van der Waals surface area contributed by atoms with E-state index in [1.54, 1.807) is 0 Å². The monoisotopic (exact) mass is 460 g/mol. The smallest absolute Gasteiger partial charge is 0.336 e. The third kappa shape index (κ3) is 5.25. The van der Waals surface area contributed by atoms with Crippen molar-refractivity contribution in [2.24, 2.45) is 5.10 Å². The molecule has 0 saturated carbocycles. The van der Waals surface area contributed by atoms with E-state index in [0.29, 0.717) is 30.0 Å². The third-order valence-corrected chi connectivity index (χ3v) is 5.97. The second kappa shape index (κ2) is 10.0. The quantitative estimate of drug-likeness (QED) is 0.377. The normalized spacial score (nSPS) is 13.4. The van der Waals surface area contributed by atoms with Gasteiger partial charge in [-0.15, -0.1) is 0 Å². The molecule has 4 rings (SSSR count). The first-order chi connectivity index (χ1) is 16.3. The van der Waals surface area contributed by atoms with Gasteiger partial charge in [-0.2, -0.15) is 5.10 Å². The van der Waals surface area contributed by atoms with Crippen LogP contribution in [0.4, 0.5) is 0 Å². The van der Waals surface area contributed by atoms with E-state index in [1.165, 1.54) is 11.1 Å². The minimum absolute atomic E-state index is 0.0127. The molecule has 1 aromatic heterocycles. The number of hydrogen-bond acceptors (Lipinski definition) is 6. The van der Waals surface area contributed by atoms with Crippen LogP contribution in [-0.4, -0.2) is 29.1 Å². The van der Waals surface area contributed by atoms with Crippen molar-refractivity contribution in [3.05, 3.63) is 81.2 Å². The number of carbonyl (C=O) groups is 2. The molecule has 3 aromatic rings. The van der Waals surface area contributed by atoms with E-state index in [4.69, 9.17) is 9.15 Å². The lowest BCUT2D eigenvalue weighted by atomic mass is 9.95. The van der Waals surface area contributed by atoms with Crippen molar-refractivity contribution in [3.8, 4) is 0 Å². The van der Waals surface area contributed by atoms with Crippen LogP contribution in [0.15, 0.2) is 62.8 Å². The van der Waals surface area contributed by atoms with Gasteiger partial charge in [-0.1, -0.05) is 44.2 Å². The summed E-state index contributed by atoms with van der Waals surface area (Å²) in [5.41, 5.74) is 4.60. The Kier molecular flexibility index (Phi) is 6.91. The van der Waals surface area contributed by atoms with Gasteiger partial charge in [0.25, 0.3) is 0 Å². The van der Waals surface area contributed by atoms with E-state index in [9.17, 15) is 14.4 Å². The molecule has 0 unspecified atom stereocenters. The highest BCUT2D eigenvalue weighted by Crippen LogP contribution is 2.27. The van der Waals surface area contributed by atoms with E-state index in [-0.39, 0.29) is 25.4 Å². The SMILES string of the molecule is Cc1cc2oc(=O)cc(COC(=O)CCC(=O)N3CCC(c4ccccc4)=N3)c2cc1C(C)C. The molecular formula is C27H28N2O5. The molecule has 2 aromatic carbocycles. The molecule has 34 heavy (non-hydrogen) atoms. The van der Waals surface area contributed by atoms with Crippen molar-refractivity contribution in [1.29, 1.82) is 0 Å². The predicted molar refractivity (Wildman–Crippen MR) is 130 cm³/mol. The Labute approximate surface area is 198 Å². The molecule has 1 aliphatic rings. The average molecular weight is 461 g/mol. The summed E-state index contributed by atoms with van der Waals surface area (Å²) < 4.78 is 10.7. The van der Waals surface area contributed by atoms with Crippen molar-refractivity contribution in [2.75, 3.05) is 6.54 Å². The maximum absolute atomic E-state index is 12.5. The van der Waals surface area contributed by atoms with Crippen molar-refractivity contribution in [2.45, 2.75) is 52.6 Å². The first-order valence-electron chi connectivity index (χ1n) is 11.5. The number of hydrogen-bond donors (Lipinski definition) is 0. The molecule has 0 bridgehead atoms. The summed E-state index contributed by atoms with van der Waals surface area (Å²) in [6.07, 6.45) is 0.641. The number of rotatable bonds is 7. The average Bonchev–Trinajstić information content (AvgIpc) is 3.31. The third-order valence-electron chi connectivity index (χ3n) is 5.97. The Morgan fingerprint density at radius 2 is 1.88 bits per heavy atom. The Morgan fingerprint density at radius 3 is 2.62 bits per heavy atom. The van der Waals surface area contributed by atoms with Gasteiger partial charge >= 0.3 is 11.6 Å². The first kappa shape index (κ1) is 23.4. The lowest BCUT2D eigenvalue weighted by Crippen LogP contribution is -2.24. The molecule has 1 amide bonds. The van der Waals surface area contributed by atoms with E-state index in [2.05, 4.69) is 18.9 Å². The summed E-state index contributed by atoms with van der Waals surface area (Å²) >= 11 is 0. The number of ether oxygens (including phenoxy) is 1. The summed E-state index contributed by atoms with van der Waals surface area (Å²) in [4.78, 5) is 36.9. The van der Waals surface area contributed by atoms with Crippen LogP contribution < -0.4 is 5.63 Å². The molecule has 7 nitrogen and oxygen atoms in total. The number of fused-ring (bicyclic) bond motifs is 1. The predicted octanol–water partition coefficient (Wildman–Crippen LogP) is 4.68. The van der Waals surface area contributed by atoms with Gasteiger partial charge in [0.05, 0.1) is 18.7 Å². The maximum atomic E-state index is 12.5. The van der Waals surface area contributed by atoms with Crippen LogP contribution >= 0.6 is 0 Å². The minimum atomic E-state index is -0.502. The lowest BCUT2D eigenvalue weighted by molar-refractivity contribution is -0.147. The zero-order chi connectivity index (χ0) is 24.2. The van der Waals surface area contributed by atoms with Crippen LogP contribution in [0.25, 0.3) is 11.0 Å². The van der Waals surface area contributed by atoms with Crippen LogP contribution in [0, 0.1) is 6.92 Å². The molecule has 0 N–H and O–H groups in total. The summed E-state index contributed by atoms with van der Waals surface area (Å²) in [5.74, 6) is -0.420. The Morgan fingerprint density at radius 1 is 1.12 bits per heavy atom. The van der Waals surface area contributed by atoms with Crippen molar-refractivity contribution >= 4 is 28.6 Å². The Bertz CT molecular complexity index is 1310. The zero-order valence-corrected chi connectivity index (χ0v) is 19.7. The lowest BCUT2D eigenvalue weighted by Gasteiger charge is -2.13. The fraction of sp³-hybridized carbons (Fsp3) is 0.333. The van der Waals surface area contributed by atoms with Crippen molar-refractivity contribution < 1.29 is 18.7 Å². The molecule has 176 valence electrons. The first-order valence-corrected chi connectivity index (χ1v) is 11.5. The fourth-order valence-electron chi connectivity index (χ4n) is 4.17. The number of benzene rings is 2. The second-order valence-electron chi connectivity index (χ2n) is 8.79. The van der Waals surface area contributed by atoms with Gasteiger partial charge in [0.1, 0.15) is 12.2 Å². The van der Waals surface area contributed by atoms with Gasteiger partial charge in [-0.05, 0) is 41.7 Å². The van der Waals surface area contributed by atoms with E-state index in [0.717, 1.165) is 27.8 Å². The fourth-order valence-corrected chi connectivity index (χ4v) is 4.17. The molecule has 0 aliphatic carbocycles. The number of hydrazone groups is 1. The molecule has 0 fully saturated rings. The van der Waals surface area contributed by atoms with Gasteiger partial charge in [-0.25, -0.2) is 9.80 Å². The van der Waals surface area contributed by atoms with E-state index >= 15 is 0 Å². The van der Waals surface area contributed by atoms with Crippen LogP contribution in [0.5, 0.6) is 0 Å². The maximum Gasteiger partial charge on any atom is 0.336 e. The molecule has 7 heteroatoms. The highest BCUT2D eigenvalue weighted by molar-refractivity contribution is 6.02. The standard InChI is InChI=1S/C27H28N2O5/c1-17(2)21-15-22-20(14-27(32)34-24(22)13-18(21)3)16-33-26(31)10-9-25(30)29-12-11-23(28-29)19-7-5-4-6-8-19/h4-8,13-15,17H,9-12,16H2,1-3H3. The zero-order valence-electron chi connectivity index (χ0n) is 19.7. The Balaban J connectivity index is 1.37. The summed E-state index contributed by atoms with van der Waals surface area (Å²) in [6.45, 7) is 6.61. The van der Waals surface area contributed by atoms with Gasteiger partial charge in [-0.3, -0.25) is 9.59 Å². The molecule has 0 spiro atoms. The van der Waals surface area contributed by atoms with Gasteiger partial charge < -0.3 is 9.15 Å². The summed E-state index contributed by atoms with van der Waals surface area (Å²) in [5, 5.41) is 6.57. The number of nitrogens with zero attached hydrogens (tertiary/aromatic N) is 2. The number of aryl methyl sites for hydroxylation is 1. The minimum Gasteiger partial charge on any atom is -0.461 e. The highest BCUT2D eigenvalue weighted by Gasteiger charge is 2.22. The van der Waals surface area contributed by atoms with Crippen molar-refractivity contribution in [1.82, 2.24) is 5.01 Å². The Hall–Kier alpha value is -3.74. The number of carbonyl (C=O) groups excluding carboxylic acids is 2. The molecule has 0 atom stereocenters. The topological polar surface area (TPSA) is 89.2 Å². The van der Waals surface area contributed by atoms with E-state index in [1.807, 2.05) is 49.4 Å². The molecule has 0 saturated heterocycles. The van der Waals surface area contributed by atoms with Crippen LogP contribution in [0.2, 0.25) is 0 Å². The summed E-state index contributed by atoms with van der Waals surface area (Å²) in [6, 6.07) is 14.9. The highest BCUT2D eigenvalue weighted by atomic mass is 16.5. The van der Waals surface area contributed by atoms with Crippen LogP contribution in [0.1, 0.15) is 61.3 Å². The largest absolute Gasteiger partial charge is 0.461 e. The van der Waals surface area contributed by atoms with E-state index < -0.39 is 11.6 Å². The summed E-state index contributed by atoms with van der Waals surface area (Å²) in [7, 11) is 0. The molecule has 0 radical (unpaired) electrons. The second-order valence-corrected chi connectivity index (χ2v) is 8.79. The molecule has 1 aliphatic heterocycles. The van der Waals surface area contributed by atoms with Gasteiger partial charge in [0.15, 0.2) is 0 Å². The van der Waals surface area contributed by atoms with Crippen LogP contribution in [0.3, 0.4) is 0 Å². The van der Waals surface area contributed by atoms with Gasteiger partial charge in [0, 0.05) is 29.9 Å². The number of amides is 1. The van der Waals surface area contributed by atoms with Gasteiger partial charge in [0.2, 0.25) is 5.91 Å². The number of esters is 1. The molecule has 2 heterocycles.